The average molecular weight is 280 g/mol. The third-order valence-corrected chi connectivity index (χ3v) is 3.65. The SMILES string of the molecule is Cl.O=C1OCc2cc(/C=C/C3CCNCC3)ccc21. The van der Waals surface area contributed by atoms with Crippen LogP contribution >= 0.6 is 12.4 Å². The van der Waals surface area contributed by atoms with E-state index in [1.54, 1.807) is 0 Å². The van der Waals surface area contributed by atoms with Crippen LogP contribution in [0.5, 0.6) is 0 Å². The summed E-state index contributed by atoms with van der Waals surface area (Å²) in [5.41, 5.74) is 2.88. The fourth-order valence-electron chi connectivity index (χ4n) is 2.54. The molecule has 0 unspecified atom stereocenters. The third kappa shape index (κ3) is 3.17. The summed E-state index contributed by atoms with van der Waals surface area (Å²) < 4.78 is 5.00. The van der Waals surface area contributed by atoms with E-state index >= 15 is 0 Å². The molecule has 1 aromatic rings. The van der Waals surface area contributed by atoms with Crippen molar-refractivity contribution in [3.05, 3.63) is 41.0 Å². The molecule has 4 heteroatoms. The standard InChI is InChI=1S/C15H17NO2.ClH/c17-15-14-4-3-12(9-13(14)10-18-15)2-1-11-5-7-16-8-6-11;/h1-4,9,11,16H,5-8,10H2;1H/b2-1+;. The molecule has 3 nitrogen and oxygen atoms in total. The molecule has 1 fully saturated rings. The summed E-state index contributed by atoms with van der Waals surface area (Å²) in [6.45, 7) is 2.65. The second-order valence-corrected chi connectivity index (χ2v) is 4.94. The number of hydrogen-bond donors (Lipinski definition) is 1. The molecule has 0 bridgehead atoms. The van der Waals surface area contributed by atoms with Crippen LogP contribution in [0.4, 0.5) is 0 Å². The van der Waals surface area contributed by atoms with Gasteiger partial charge in [-0.05, 0) is 49.5 Å². The number of allylic oxidation sites excluding steroid dienone is 1. The minimum absolute atomic E-state index is 0. The Hall–Kier alpha value is -1.32. The number of hydrogen-bond acceptors (Lipinski definition) is 3. The number of carbonyl (C=O) groups excluding carboxylic acids is 1. The van der Waals surface area contributed by atoms with Crippen LogP contribution in [0.2, 0.25) is 0 Å². The van der Waals surface area contributed by atoms with E-state index in [-0.39, 0.29) is 18.4 Å². The molecule has 102 valence electrons. The lowest BCUT2D eigenvalue weighted by Crippen LogP contribution is -2.26. The van der Waals surface area contributed by atoms with Crippen LogP contribution in [-0.2, 0) is 11.3 Å². The molecule has 0 aromatic heterocycles. The van der Waals surface area contributed by atoms with Gasteiger partial charge in [0.15, 0.2) is 0 Å². The van der Waals surface area contributed by atoms with E-state index in [4.69, 9.17) is 4.74 Å². The molecule has 2 heterocycles. The molecular formula is C15H18ClNO2. The second-order valence-electron chi connectivity index (χ2n) is 4.94. The Bertz CT molecular complexity index is 493. The molecule has 3 rings (SSSR count). The molecule has 0 spiro atoms. The molecule has 1 aromatic carbocycles. The first-order valence-corrected chi connectivity index (χ1v) is 6.52. The van der Waals surface area contributed by atoms with Crippen molar-refractivity contribution in [3.63, 3.8) is 0 Å². The number of fused-ring (bicyclic) bond motifs is 1. The van der Waals surface area contributed by atoms with Gasteiger partial charge in [-0.2, -0.15) is 0 Å². The maximum absolute atomic E-state index is 11.3. The quantitative estimate of drug-likeness (QED) is 0.846. The Balaban J connectivity index is 0.00000133. The van der Waals surface area contributed by atoms with Crippen molar-refractivity contribution in [2.45, 2.75) is 19.4 Å². The molecule has 2 aliphatic heterocycles. The van der Waals surface area contributed by atoms with E-state index in [2.05, 4.69) is 23.5 Å². The Kier molecular flexibility index (Phi) is 4.61. The lowest BCUT2D eigenvalue weighted by Gasteiger charge is -2.19. The highest BCUT2D eigenvalue weighted by Crippen LogP contribution is 2.22. The summed E-state index contributed by atoms with van der Waals surface area (Å²) in [5.74, 6) is 0.483. The number of nitrogens with one attached hydrogen (secondary N) is 1. The molecule has 0 atom stereocenters. The van der Waals surface area contributed by atoms with Gasteiger partial charge >= 0.3 is 5.97 Å². The van der Waals surface area contributed by atoms with Gasteiger partial charge in [0.1, 0.15) is 6.61 Å². The van der Waals surface area contributed by atoms with Gasteiger partial charge in [0.25, 0.3) is 0 Å². The molecule has 19 heavy (non-hydrogen) atoms. The number of piperidine rings is 1. The van der Waals surface area contributed by atoms with Crippen molar-refractivity contribution in [1.29, 1.82) is 0 Å². The van der Waals surface area contributed by atoms with E-state index in [1.165, 1.54) is 12.8 Å². The number of ether oxygens (including phenoxy) is 1. The number of cyclic esters (lactones) is 1. The predicted molar refractivity (Wildman–Crippen MR) is 77.4 cm³/mol. The van der Waals surface area contributed by atoms with Crippen LogP contribution in [0.15, 0.2) is 24.3 Å². The minimum atomic E-state index is -0.195. The van der Waals surface area contributed by atoms with Crippen molar-refractivity contribution in [1.82, 2.24) is 5.32 Å². The minimum Gasteiger partial charge on any atom is -0.457 e. The highest BCUT2D eigenvalue weighted by Gasteiger charge is 2.20. The highest BCUT2D eigenvalue weighted by molar-refractivity contribution is 5.93. The Morgan fingerprint density at radius 2 is 2.05 bits per heavy atom. The molecule has 0 saturated carbocycles. The fraction of sp³-hybridized carbons (Fsp3) is 0.400. The molecule has 0 amide bonds. The van der Waals surface area contributed by atoms with Crippen LogP contribution in [0.3, 0.4) is 0 Å². The lowest BCUT2D eigenvalue weighted by atomic mass is 9.96. The van der Waals surface area contributed by atoms with Crippen molar-refractivity contribution < 1.29 is 9.53 Å². The van der Waals surface area contributed by atoms with Crippen molar-refractivity contribution in [2.75, 3.05) is 13.1 Å². The summed E-state index contributed by atoms with van der Waals surface area (Å²) >= 11 is 0. The molecule has 0 aliphatic carbocycles. The molecule has 0 radical (unpaired) electrons. The molecule has 1 saturated heterocycles. The maximum Gasteiger partial charge on any atom is 0.338 e. The summed E-state index contributed by atoms with van der Waals surface area (Å²) in [5, 5.41) is 3.36. The third-order valence-electron chi connectivity index (χ3n) is 3.65. The van der Waals surface area contributed by atoms with Gasteiger partial charge in [-0.25, -0.2) is 4.79 Å². The zero-order valence-electron chi connectivity index (χ0n) is 10.7. The zero-order chi connectivity index (χ0) is 12.4. The van der Waals surface area contributed by atoms with E-state index in [9.17, 15) is 4.79 Å². The smallest absolute Gasteiger partial charge is 0.338 e. The molecule has 1 N–H and O–H groups in total. The van der Waals surface area contributed by atoms with E-state index in [1.807, 2.05) is 12.1 Å². The summed E-state index contributed by atoms with van der Waals surface area (Å²) in [4.78, 5) is 11.3. The summed E-state index contributed by atoms with van der Waals surface area (Å²) in [6.07, 6.45) is 6.88. The Labute approximate surface area is 119 Å². The number of halogens is 1. The van der Waals surface area contributed by atoms with Crippen molar-refractivity contribution in [2.24, 2.45) is 5.92 Å². The number of benzene rings is 1. The molecular weight excluding hydrogens is 262 g/mol. The highest BCUT2D eigenvalue weighted by atomic mass is 35.5. The zero-order valence-corrected chi connectivity index (χ0v) is 11.5. The summed E-state index contributed by atoms with van der Waals surface area (Å²) in [7, 11) is 0. The van der Waals surface area contributed by atoms with Crippen molar-refractivity contribution >= 4 is 24.5 Å². The first kappa shape index (κ1) is 14.1. The van der Waals surface area contributed by atoms with Crippen LogP contribution in [-0.4, -0.2) is 19.1 Å². The lowest BCUT2D eigenvalue weighted by molar-refractivity contribution is 0.0535. The normalized spacial score (nSPS) is 19.1. The van der Waals surface area contributed by atoms with E-state index in [0.29, 0.717) is 18.1 Å². The first-order valence-electron chi connectivity index (χ1n) is 6.52. The van der Waals surface area contributed by atoms with Gasteiger partial charge in [-0.15, -0.1) is 12.4 Å². The van der Waals surface area contributed by atoms with Gasteiger partial charge < -0.3 is 10.1 Å². The van der Waals surface area contributed by atoms with Crippen LogP contribution in [0, 0.1) is 5.92 Å². The molecule has 2 aliphatic rings. The van der Waals surface area contributed by atoms with Crippen LogP contribution in [0.25, 0.3) is 6.08 Å². The number of carbonyl (C=O) groups is 1. The fourth-order valence-corrected chi connectivity index (χ4v) is 2.54. The second kappa shape index (κ2) is 6.22. The van der Waals surface area contributed by atoms with Gasteiger partial charge in [-0.1, -0.05) is 18.2 Å². The maximum atomic E-state index is 11.3. The van der Waals surface area contributed by atoms with Gasteiger partial charge in [0, 0.05) is 5.56 Å². The van der Waals surface area contributed by atoms with Crippen LogP contribution < -0.4 is 5.32 Å². The monoisotopic (exact) mass is 279 g/mol. The van der Waals surface area contributed by atoms with Gasteiger partial charge in [-0.3, -0.25) is 0 Å². The summed E-state index contributed by atoms with van der Waals surface area (Å²) in [6, 6.07) is 5.91. The Morgan fingerprint density at radius 3 is 2.84 bits per heavy atom. The van der Waals surface area contributed by atoms with Crippen molar-refractivity contribution in [3.8, 4) is 0 Å². The van der Waals surface area contributed by atoms with E-state index in [0.717, 1.165) is 24.2 Å². The van der Waals surface area contributed by atoms with E-state index < -0.39 is 0 Å². The average Bonchev–Trinajstić information content (AvgIpc) is 2.79. The Morgan fingerprint density at radius 1 is 1.26 bits per heavy atom. The largest absolute Gasteiger partial charge is 0.457 e. The first-order chi connectivity index (χ1) is 8.83. The number of esters is 1. The topological polar surface area (TPSA) is 38.3 Å². The van der Waals surface area contributed by atoms with Gasteiger partial charge in [0.2, 0.25) is 0 Å². The van der Waals surface area contributed by atoms with Crippen LogP contribution in [0.1, 0.15) is 34.3 Å². The number of rotatable bonds is 2. The predicted octanol–water partition coefficient (Wildman–Crippen LogP) is 2.79. The van der Waals surface area contributed by atoms with Gasteiger partial charge in [0.05, 0.1) is 5.56 Å².